The molecule has 24 heavy (non-hydrogen) atoms. The van der Waals surface area contributed by atoms with Gasteiger partial charge in [0.25, 0.3) is 5.69 Å². The number of hydrogen-bond donors (Lipinski definition) is 2. The highest BCUT2D eigenvalue weighted by atomic mass is 16.6. The summed E-state index contributed by atoms with van der Waals surface area (Å²) in [6.45, 7) is 3.51. The molecule has 0 aliphatic heterocycles. The van der Waals surface area contributed by atoms with Crippen molar-refractivity contribution in [3.05, 3.63) is 67.8 Å². The Kier molecular flexibility index (Phi) is 4.73. The highest BCUT2D eigenvalue weighted by Gasteiger charge is 2.19. The number of nitro benzene ring substituents is 2. The van der Waals surface area contributed by atoms with Crippen molar-refractivity contribution in [1.82, 2.24) is 0 Å². The Bertz CT molecular complexity index is 848. The van der Waals surface area contributed by atoms with Gasteiger partial charge < -0.3 is 5.11 Å². The van der Waals surface area contributed by atoms with Crippen LogP contribution in [0.25, 0.3) is 0 Å². The molecule has 0 saturated carbocycles. The molecule has 0 radical (unpaired) electrons. The van der Waals surface area contributed by atoms with Crippen molar-refractivity contribution in [2.24, 2.45) is 5.10 Å². The summed E-state index contributed by atoms with van der Waals surface area (Å²) >= 11 is 0. The van der Waals surface area contributed by atoms with Crippen LogP contribution in [0.3, 0.4) is 0 Å². The smallest absolute Gasteiger partial charge is 0.301 e. The molecule has 0 bridgehead atoms. The van der Waals surface area contributed by atoms with Crippen LogP contribution in [0.5, 0.6) is 5.75 Å². The summed E-state index contributed by atoms with van der Waals surface area (Å²) in [5.41, 5.74) is 3.79. The number of nitro groups is 2. The summed E-state index contributed by atoms with van der Waals surface area (Å²) in [7, 11) is 0. The van der Waals surface area contributed by atoms with Gasteiger partial charge in [-0.25, -0.2) is 0 Å². The molecular formula is C15H14N4O5. The Morgan fingerprint density at radius 1 is 1.12 bits per heavy atom. The number of nitrogens with zero attached hydrogens (tertiary/aromatic N) is 3. The van der Waals surface area contributed by atoms with Gasteiger partial charge in [0.2, 0.25) is 0 Å². The number of rotatable bonds is 5. The van der Waals surface area contributed by atoms with Gasteiger partial charge in [-0.15, -0.1) is 0 Å². The lowest BCUT2D eigenvalue weighted by atomic mass is 10.1. The fraction of sp³-hybridized carbons (Fsp3) is 0.133. The van der Waals surface area contributed by atoms with Crippen molar-refractivity contribution >= 4 is 22.8 Å². The van der Waals surface area contributed by atoms with Crippen molar-refractivity contribution in [3.63, 3.8) is 0 Å². The molecular weight excluding hydrogens is 316 g/mol. The average Bonchev–Trinajstić information content (AvgIpc) is 2.54. The van der Waals surface area contributed by atoms with E-state index in [-0.39, 0.29) is 17.1 Å². The Labute approximate surface area is 136 Å². The molecule has 124 valence electrons. The van der Waals surface area contributed by atoms with Crippen molar-refractivity contribution < 1.29 is 15.0 Å². The fourth-order valence-electron chi connectivity index (χ4n) is 2.08. The third-order valence-electron chi connectivity index (χ3n) is 3.34. The molecule has 2 aromatic rings. The lowest BCUT2D eigenvalue weighted by Gasteiger charge is -2.07. The molecule has 0 amide bonds. The van der Waals surface area contributed by atoms with Gasteiger partial charge >= 0.3 is 5.69 Å². The number of hydrazone groups is 1. The van der Waals surface area contributed by atoms with E-state index >= 15 is 0 Å². The predicted octanol–water partition coefficient (Wildman–Crippen LogP) is 3.35. The molecule has 0 heterocycles. The second-order valence-corrected chi connectivity index (χ2v) is 5.02. The SMILES string of the molecule is CC(=NNc1ccc([N+](=O)[O-])cc1[N+](=O)[O-])c1cc(O)ccc1C. The van der Waals surface area contributed by atoms with Crippen LogP contribution in [-0.4, -0.2) is 20.7 Å². The highest BCUT2D eigenvalue weighted by molar-refractivity contribution is 6.00. The zero-order chi connectivity index (χ0) is 17.9. The van der Waals surface area contributed by atoms with Crippen molar-refractivity contribution in [2.75, 3.05) is 5.43 Å². The quantitative estimate of drug-likeness (QED) is 0.491. The van der Waals surface area contributed by atoms with Crippen LogP contribution in [0, 0.1) is 27.2 Å². The van der Waals surface area contributed by atoms with Crippen LogP contribution in [-0.2, 0) is 0 Å². The van der Waals surface area contributed by atoms with Crippen molar-refractivity contribution in [1.29, 1.82) is 0 Å². The van der Waals surface area contributed by atoms with E-state index in [9.17, 15) is 25.3 Å². The van der Waals surface area contributed by atoms with Gasteiger partial charge in [-0.1, -0.05) is 6.07 Å². The molecule has 2 rings (SSSR count). The van der Waals surface area contributed by atoms with Crippen LogP contribution < -0.4 is 5.43 Å². The van der Waals surface area contributed by atoms with Crippen LogP contribution >= 0.6 is 0 Å². The zero-order valence-electron chi connectivity index (χ0n) is 12.9. The molecule has 0 aliphatic rings. The maximum absolute atomic E-state index is 11.1. The minimum atomic E-state index is -0.722. The number of anilines is 1. The van der Waals surface area contributed by atoms with Gasteiger partial charge in [-0.05, 0) is 37.6 Å². The summed E-state index contributed by atoms with van der Waals surface area (Å²) in [6, 6.07) is 8.04. The standard InChI is InChI=1S/C15H14N4O5/c1-9-3-5-12(20)8-13(9)10(2)16-17-14-6-4-11(18(21)22)7-15(14)19(23)24/h3-8,17,20H,1-2H3. The summed E-state index contributed by atoms with van der Waals surface area (Å²) in [5.74, 6) is 0.0754. The maximum atomic E-state index is 11.1. The van der Waals surface area contributed by atoms with Crippen LogP contribution in [0.4, 0.5) is 17.1 Å². The third kappa shape index (κ3) is 3.64. The number of aromatic hydroxyl groups is 1. The number of phenols is 1. The van der Waals surface area contributed by atoms with Gasteiger partial charge in [0, 0.05) is 11.6 Å². The van der Waals surface area contributed by atoms with E-state index in [0.29, 0.717) is 11.3 Å². The predicted molar refractivity (Wildman–Crippen MR) is 88.4 cm³/mol. The number of phenolic OH excluding ortho intramolecular Hbond substituents is 1. The minimum absolute atomic E-state index is 0.0303. The van der Waals surface area contributed by atoms with E-state index < -0.39 is 15.5 Å². The highest BCUT2D eigenvalue weighted by Crippen LogP contribution is 2.29. The first-order valence-corrected chi connectivity index (χ1v) is 6.82. The second kappa shape index (κ2) is 6.73. The van der Waals surface area contributed by atoms with Crippen LogP contribution in [0.2, 0.25) is 0 Å². The van der Waals surface area contributed by atoms with E-state index in [4.69, 9.17) is 0 Å². The molecule has 0 aromatic heterocycles. The Balaban J connectivity index is 2.35. The number of aryl methyl sites for hydroxylation is 1. The lowest BCUT2D eigenvalue weighted by molar-refractivity contribution is -0.393. The summed E-state index contributed by atoms with van der Waals surface area (Å²) in [4.78, 5) is 20.4. The number of hydrogen-bond acceptors (Lipinski definition) is 7. The van der Waals surface area contributed by atoms with Crippen molar-refractivity contribution in [2.45, 2.75) is 13.8 Å². The second-order valence-electron chi connectivity index (χ2n) is 5.02. The summed E-state index contributed by atoms with van der Waals surface area (Å²) in [6.07, 6.45) is 0. The molecule has 0 atom stereocenters. The molecule has 9 heteroatoms. The molecule has 2 N–H and O–H groups in total. The minimum Gasteiger partial charge on any atom is -0.508 e. The van der Waals surface area contributed by atoms with Gasteiger partial charge in [0.15, 0.2) is 0 Å². The number of nitrogens with one attached hydrogen (secondary N) is 1. The largest absolute Gasteiger partial charge is 0.508 e. The molecule has 0 fully saturated rings. The Morgan fingerprint density at radius 2 is 1.83 bits per heavy atom. The van der Waals surface area contributed by atoms with E-state index in [1.54, 1.807) is 19.1 Å². The normalized spacial score (nSPS) is 11.2. The average molecular weight is 330 g/mol. The van der Waals surface area contributed by atoms with E-state index in [0.717, 1.165) is 17.7 Å². The molecule has 0 spiro atoms. The van der Waals surface area contributed by atoms with Gasteiger partial charge in [-0.2, -0.15) is 5.10 Å². The topological polar surface area (TPSA) is 131 Å². The van der Waals surface area contributed by atoms with Crippen LogP contribution in [0.1, 0.15) is 18.1 Å². The first kappa shape index (κ1) is 16.9. The van der Waals surface area contributed by atoms with E-state index in [2.05, 4.69) is 10.5 Å². The molecule has 0 aliphatic carbocycles. The summed E-state index contributed by atoms with van der Waals surface area (Å²) < 4.78 is 0. The molecule has 2 aromatic carbocycles. The third-order valence-corrected chi connectivity index (χ3v) is 3.34. The monoisotopic (exact) mass is 330 g/mol. The molecule has 9 nitrogen and oxygen atoms in total. The Hall–Kier alpha value is -3.49. The fourth-order valence-corrected chi connectivity index (χ4v) is 2.08. The molecule has 0 unspecified atom stereocenters. The summed E-state index contributed by atoms with van der Waals surface area (Å²) in [5, 5.41) is 35.4. The lowest BCUT2D eigenvalue weighted by Crippen LogP contribution is -2.03. The van der Waals surface area contributed by atoms with Crippen molar-refractivity contribution in [3.8, 4) is 5.75 Å². The van der Waals surface area contributed by atoms with E-state index in [1.807, 2.05) is 6.92 Å². The van der Waals surface area contributed by atoms with Gasteiger partial charge in [-0.3, -0.25) is 25.7 Å². The Morgan fingerprint density at radius 3 is 2.46 bits per heavy atom. The van der Waals surface area contributed by atoms with Gasteiger partial charge in [0.05, 0.1) is 21.6 Å². The first-order chi connectivity index (χ1) is 11.3. The number of non-ortho nitro benzene ring substituents is 1. The first-order valence-electron chi connectivity index (χ1n) is 6.82. The zero-order valence-corrected chi connectivity index (χ0v) is 12.9. The number of benzene rings is 2. The van der Waals surface area contributed by atoms with Gasteiger partial charge in [0.1, 0.15) is 11.4 Å². The van der Waals surface area contributed by atoms with E-state index in [1.165, 1.54) is 12.1 Å². The molecule has 0 saturated heterocycles. The maximum Gasteiger partial charge on any atom is 0.301 e. The van der Waals surface area contributed by atoms with Crippen LogP contribution in [0.15, 0.2) is 41.5 Å².